The van der Waals surface area contributed by atoms with Crippen molar-refractivity contribution in [2.45, 2.75) is 27.0 Å². The number of aromatic amines is 1. The molecule has 6 nitrogen and oxygen atoms in total. The van der Waals surface area contributed by atoms with Gasteiger partial charge in [-0.05, 0) is 55.4 Å². The van der Waals surface area contributed by atoms with Gasteiger partial charge in [0.25, 0.3) is 0 Å². The molecule has 3 aromatic rings. The lowest BCUT2D eigenvalue weighted by Gasteiger charge is -2.16. The molecule has 29 heavy (non-hydrogen) atoms. The lowest BCUT2D eigenvalue weighted by molar-refractivity contribution is 0.269. The fourth-order valence-corrected chi connectivity index (χ4v) is 3.39. The molecule has 0 bridgehead atoms. The van der Waals surface area contributed by atoms with Gasteiger partial charge in [-0.3, -0.25) is 5.10 Å². The SMILES string of the molecule is CCOc1cc(CNn2c(C)n[nH]c2=S)c(Cl)cc1OCc1ccc(Cl)c(Cl)c1. The van der Waals surface area contributed by atoms with Gasteiger partial charge in [0, 0.05) is 11.1 Å². The third kappa shape index (κ3) is 5.36. The Morgan fingerprint density at radius 1 is 1.07 bits per heavy atom. The Bertz CT molecular complexity index is 1070. The zero-order valence-electron chi connectivity index (χ0n) is 15.8. The van der Waals surface area contributed by atoms with Crippen LogP contribution in [0.25, 0.3) is 0 Å². The molecule has 0 spiro atoms. The molecular formula is C19H19Cl3N4O2S. The number of H-pyrrole nitrogens is 1. The number of aryl methyl sites for hydroxylation is 1. The van der Waals surface area contributed by atoms with Crippen molar-refractivity contribution in [3.63, 3.8) is 0 Å². The monoisotopic (exact) mass is 472 g/mol. The van der Waals surface area contributed by atoms with Crippen molar-refractivity contribution in [1.82, 2.24) is 14.9 Å². The molecule has 0 radical (unpaired) electrons. The van der Waals surface area contributed by atoms with Gasteiger partial charge in [-0.25, -0.2) is 4.68 Å². The van der Waals surface area contributed by atoms with E-state index in [0.717, 1.165) is 17.0 Å². The molecule has 2 N–H and O–H groups in total. The van der Waals surface area contributed by atoms with Gasteiger partial charge in [0.2, 0.25) is 4.77 Å². The molecule has 0 unspecified atom stereocenters. The number of aromatic nitrogens is 3. The summed E-state index contributed by atoms with van der Waals surface area (Å²) in [5.74, 6) is 1.86. The van der Waals surface area contributed by atoms with E-state index in [1.807, 2.05) is 26.0 Å². The van der Waals surface area contributed by atoms with Crippen LogP contribution in [0.1, 0.15) is 23.9 Å². The Morgan fingerprint density at radius 2 is 1.83 bits per heavy atom. The van der Waals surface area contributed by atoms with Crippen LogP contribution in [0.4, 0.5) is 0 Å². The molecular weight excluding hydrogens is 455 g/mol. The molecule has 3 rings (SSSR count). The van der Waals surface area contributed by atoms with Crippen molar-refractivity contribution >= 4 is 47.0 Å². The predicted molar refractivity (Wildman–Crippen MR) is 119 cm³/mol. The van der Waals surface area contributed by atoms with Gasteiger partial charge in [-0.15, -0.1) is 0 Å². The number of rotatable bonds is 8. The Balaban J connectivity index is 1.78. The first kappa shape index (κ1) is 21.8. The number of halogens is 3. The summed E-state index contributed by atoms with van der Waals surface area (Å²) in [6, 6.07) is 8.94. The van der Waals surface area contributed by atoms with E-state index in [9.17, 15) is 0 Å². The van der Waals surface area contributed by atoms with Gasteiger partial charge in [0.15, 0.2) is 11.5 Å². The molecule has 0 aliphatic heterocycles. The quantitative estimate of drug-likeness (QED) is 0.397. The second-order valence-corrected chi connectivity index (χ2v) is 7.72. The Labute approximate surface area is 188 Å². The fourth-order valence-electron chi connectivity index (χ4n) is 2.61. The molecule has 0 amide bonds. The van der Waals surface area contributed by atoms with Crippen LogP contribution in [0.15, 0.2) is 30.3 Å². The van der Waals surface area contributed by atoms with Crippen LogP contribution in [0, 0.1) is 11.7 Å². The summed E-state index contributed by atoms with van der Waals surface area (Å²) in [7, 11) is 0. The predicted octanol–water partition coefficient (Wildman–Crippen LogP) is 5.93. The summed E-state index contributed by atoms with van der Waals surface area (Å²) in [5, 5.41) is 8.31. The average Bonchev–Trinajstić information content (AvgIpc) is 3.01. The van der Waals surface area contributed by atoms with Crippen LogP contribution < -0.4 is 14.9 Å². The van der Waals surface area contributed by atoms with Crippen LogP contribution in [-0.2, 0) is 13.2 Å². The van der Waals surface area contributed by atoms with Crippen molar-refractivity contribution in [2.75, 3.05) is 12.0 Å². The third-order valence-electron chi connectivity index (χ3n) is 4.06. The molecule has 0 aliphatic rings. The van der Waals surface area contributed by atoms with E-state index in [4.69, 9.17) is 56.5 Å². The van der Waals surface area contributed by atoms with Crippen LogP contribution in [0.3, 0.4) is 0 Å². The summed E-state index contributed by atoms with van der Waals surface area (Å²) < 4.78 is 13.8. The maximum Gasteiger partial charge on any atom is 0.214 e. The molecule has 0 fully saturated rings. The number of hydrogen-bond acceptors (Lipinski definition) is 5. The fraction of sp³-hybridized carbons (Fsp3) is 0.263. The minimum atomic E-state index is 0.300. The number of ether oxygens (including phenoxy) is 2. The van der Waals surface area contributed by atoms with Crippen LogP contribution in [0.5, 0.6) is 11.5 Å². The highest BCUT2D eigenvalue weighted by atomic mass is 35.5. The Kier molecular flexibility index (Phi) is 7.29. The van der Waals surface area contributed by atoms with Gasteiger partial charge in [-0.1, -0.05) is 40.9 Å². The molecule has 0 saturated carbocycles. The first-order valence-electron chi connectivity index (χ1n) is 8.79. The van der Waals surface area contributed by atoms with E-state index in [2.05, 4.69) is 15.6 Å². The molecule has 0 aliphatic carbocycles. The second-order valence-electron chi connectivity index (χ2n) is 6.11. The molecule has 0 atom stereocenters. The topological polar surface area (TPSA) is 64.1 Å². The largest absolute Gasteiger partial charge is 0.490 e. The first-order valence-corrected chi connectivity index (χ1v) is 10.3. The zero-order valence-corrected chi connectivity index (χ0v) is 18.8. The van der Waals surface area contributed by atoms with Crippen molar-refractivity contribution in [3.05, 3.63) is 67.1 Å². The maximum absolute atomic E-state index is 6.48. The highest BCUT2D eigenvalue weighted by Gasteiger charge is 2.13. The second kappa shape index (κ2) is 9.71. The minimum Gasteiger partial charge on any atom is -0.490 e. The van der Waals surface area contributed by atoms with E-state index in [0.29, 0.717) is 51.1 Å². The van der Waals surface area contributed by atoms with Crippen molar-refractivity contribution in [3.8, 4) is 11.5 Å². The summed E-state index contributed by atoms with van der Waals surface area (Å²) >= 11 is 23.7. The molecule has 0 saturated heterocycles. The van der Waals surface area contributed by atoms with Gasteiger partial charge in [-0.2, -0.15) is 5.10 Å². The van der Waals surface area contributed by atoms with Crippen molar-refractivity contribution in [1.29, 1.82) is 0 Å². The van der Waals surface area contributed by atoms with E-state index in [1.165, 1.54) is 0 Å². The van der Waals surface area contributed by atoms with Crippen LogP contribution >= 0.6 is 47.0 Å². The standard InChI is InChI=1S/C19H19Cl3N4O2S/c1-3-27-17-7-13(9-23-26-11(2)24-25-19(26)29)15(21)8-18(17)28-10-12-4-5-14(20)16(22)6-12/h4-8,23H,3,9-10H2,1-2H3,(H,25,29). The van der Waals surface area contributed by atoms with Gasteiger partial charge < -0.3 is 14.9 Å². The van der Waals surface area contributed by atoms with Crippen molar-refractivity contribution < 1.29 is 9.47 Å². The zero-order chi connectivity index (χ0) is 21.0. The Hall–Kier alpha value is -1.93. The van der Waals surface area contributed by atoms with Crippen LogP contribution in [0.2, 0.25) is 15.1 Å². The highest BCUT2D eigenvalue weighted by molar-refractivity contribution is 7.71. The normalized spacial score (nSPS) is 10.8. The number of nitrogens with one attached hydrogen (secondary N) is 2. The highest BCUT2D eigenvalue weighted by Crippen LogP contribution is 2.34. The Morgan fingerprint density at radius 3 is 2.48 bits per heavy atom. The van der Waals surface area contributed by atoms with Gasteiger partial charge in [0.1, 0.15) is 12.4 Å². The molecule has 154 valence electrons. The van der Waals surface area contributed by atoms with Crippen molar-refractivity contribution in [2.24, 2.45) is 0 Å². The summed E-state index contributed by atoms with van der Waals surface area (Å²) in [6.07, 6.45) is 0. The molecule has 1 heterocycles. The van der Waals surface area contributed by atoms with E-state index >= 15 is 0 Å². The smallest absolute Gasteiger partial charge is 0.214 e. The maximum atomic E-state index is 6.48. The van der Waals surface area contributed by atoms with E-state index in [-0.39, 0.29) is 0 Å². The molecule has 1 aromatic heterocycles. The minimum absolute atomic E-state index is 0.300. The van der Waals surface area contributed by atoms with Gasteiger partial charge in [0.05, 0.1) is 23.2 Å². The lowest BCUT2D eigenvalue weighted by atomic mass is 10.2. The molecule has 2 aromatic carbocycles. The summed E-state index contributed by atoms with van der Waals surface area (Å²) in [5.41, 5.74) is 4.90. The summed E-state index contributed by atoms with van der Waals surface area (Å²) in [6.45, 7) is 4.97. The number of nitrogens with zero attached hydrogens (tertiary/aromatic N) is 2. The average molecular weight is 474 g/mol. The van der Waals surface area contributed by atoms with E-state index in [1.54, 1.807) is 22.9 Å². The molecule has 10 heteroatoms. The number of benzene rings is 2. The first-order chi connectivity index (χ1) is 13.9. The van der Waals surface area contributed by atoms with E-state index < -0.39 is 0 Å². The number of hydrogen-bond donors (Lipinski definition) is 2. The lowest BCUT2D eigenvalue weighted by Crippen LogP contribution is -2.16. The summed E-state index contributed by atoms with van der Waals surface area (Å²) in [4.78, 5) is 0. The van der Waals surface area contributed by atoms with Crippen LogP contribution in [-0.4, -0.2) is 21.5 Å². The van der Waals surface area contributed by atoms with Gasteiger partial charge >= 0.3 is 0 Å². The third-order valence-corrected chi connectivity index (χ3v) is 5.42.